The Labute approximate surface area is 109 Å². The predicted octanol–water partition coefficient (Wildman–Crippen LogP) is 1.21. The molecule has 0 aliphatic carbocycles. The zero-order valence-corrected chi connectivity index (χ0v) is 10.1. The van der Waals surface area contributed by atoms with E-state index in [4.69, 9.17) is 0 Å². The van der Waals surface area contributed by atoms with E-state index in [2.05, 4.69) is 10.6 Å². The van der Waals surface area contributed by atoms with E-state index in [1.807, 2.05) is 0 Å². The summed E-state index contributed by atoms with van der Waals surface area (Å²) in [4.78, 5) is 34.8. The molecule has 3 amide bonds. The standard InChI is InChI=1S/C13H13FN2O3/c14-8-4-6-9(7-5-8)15-12(18)10-2-1-3-11(17)16-13(10)19/h4-7,10H,1-3H2,(H,15,18)(H,16,17,19). The van der Waals surface area contributed by atoms with Crippen molar-refractivity contribution in [1.82, 2.24) is 5.32 Å². The highest BCUT2D eigenvalue weighted by Gasteiger charge is 2.30. The number of amides is 3. The summed E-state index contributed by atoms with van der Waals surface area (Å²) in [6.45, 7) is 0. The molecular formula is C13H13FN2O3. The van der Waals surface area contributed by atoms with Gasteiger partial charge in [-0.25, -0.2) is 4.39 Å². The third kappa shape index (κ3) is 3.37. The first-order valence-corrected chi connectivity index (χ1v) is 5.96. The second-order valence-corrected chi connectivity index (χ2v) is 4.35. The molecule has 1 heterocycles. The lowest BCUT2D eigenvalue weighted by Gasteiger charge is -2.12. The summed E-state index contributed by atoms with van der Waals surface area (Å²) in [6.07, 6.45) is 1.05. The molecule has 1 atom stereocenters. The number of halogens is 1. The first-order chi connectivity index (χ1) is 9.06. The van der Waals surface area contributed by atoms with Crippen molar-refractivity contribution in [2.24, 2.45) is 5.92 Å². The Kier molecular flexibility index (Phi) is 3.89. The molecule has 0 bridgehead atoms. The van der Waals surface area contributed by atoms with Crippen LogP contribution >= 0.6 is 0 Å². The zero-order valence-electron chi connectivity index (χ0n) is 10.1. The number of benzene rings is 1. The first-order valence-electron chi connectivity index (χ1n) is 5.96. The monoisotopic (exact) mass is 264 g/mol. The number of rotatable bonds is 2. The lowest BCUT2D eigenvalue weighted by molar-refractivity contribution is -0.135. The maximum atomic E-state index is 12.7. The fourth-order valence-electron chi connectivity index (χ4n) is 1.90. The van der Waals surface area contributed by atoms with Crippen LogP contribution in [0.1, 0.15) is 19.3 Å². The fourth-order valence-corrected chi connectivity index (χ4v) is 1.90. The van der Waals surface area contributed by atoms with Gasteiger partial charge in [-0.15, -0.1) is 0 Å². The topological polar surface area (TPSA) is 75.3 Å². The average molecular weight is 264 g/mol. The molecule has 1 aliphatic rings. The van der Waals surface area contributed by atoms with E-state index in [9.17, 15) is 18.8 Å². The maximum absolute atomic E-state index is 12.7. The van der Waals surface area contributed by atoms with Crippen molar-refractivity contribution in [2.45, 2.75) is 19.3 Å². The van der Waals surface area contributed by atoms with Gasteiger partial charge in [-0.05, 0) is 37.1 Å². The Balaban J connectivity index is 2.04. The molecule has 1 fully saturated rings. The Morgan fingerprint density at radius 2 is 1.95 bits per heavy atom. The van der Waals surface area contributed by atoms with E-state index in [0.717, 1.165) is 0 Å². The third-order valence-corrected chi connectivity index (χ3v) is 2.90. The van der Waals surface area contributed by atoms with Gasteiger partial charge in [0.2, 0.25) is 17.7 Å². The van der Waals surface area contributed by atoms with Crippen LogP contribution in [0.4, 0.5) is 10.1 Å². The van der Waals surface area contributed by atoms with Crippen LogP contribution in [0.25, 0.3) is 0 Å². The summed E-state index contributed by atoms with van der Waals surface area (Å²) in [5.74, 6) is -2.73. The van der Waals surface area contributed by atoms with Gasteiger partial charge in [0.1, 0.15) is 11.7 Å². The molecule has 2 rings (SSSR count). The smallest absolute Gasteiger partial charge is 0.239 e. The molecular weight excluding hydrogens is 251 g/mol. The number of carbonyl (C=O) groups excluding carboxylic acids is 3. The Hall–Kier alpha value is -2.24. The molecule has 1 saturated heterocycles. The molecule has 0 spiro atoms. The molecule has 5 nitrogen and oxygen atoms in total. The molecule has 0 radical (unpaired) electrons. The average Bonchev–Trinajstić information content (AvgIpc) is 2.53. The number of hydrogen-bond donors (Lipinski definition) is 2. The van der Waals surface area contributed by atoms with Crippen LogP contribution < -0.4 is 10.6 Å². The highest BCUT2D eigenvalue weighted by Crippen LogP contribution is 2.16. The quantitative estimate of drug-likeness (QED) is 0.622. The van der Waals surface area contributed by atoms with E-state index in [1.54, 1.807) is 0 Å². The summed E-state index contributed by atoms with van der Waals surface area (Å²) in [7, 11) is 0. The van der Waals surface area contributed by atoms with Gasteiger partial charge in [0.15, 0.2) is 0 Å². The zero-order chi connectivity index (χ0) is 13.8. The van der Waals surface area contributed by atoms with Crippen molar-refractivity contribution in [3.05, 3.63) is 30.1 Å². The Morgan fingerprint density at radius 1 is 1.26 bits per heavy atom. The molecule has 0 saturated carbocycles. The normalized spacial score (nSPS) is 19.5. The molecule has 19 heavy (non-hydrogen) atoms. The molecule has 100 valence electrons. The minimum absolute atomic E-state index is 0.242. The molecule has 1 aromatic rings. The number of hydrogen-bond acceptors (Lipinski definition) is 3. The van der Waals surface area contributed by atoms with E-state index in [0.29, 0.717) is 18.5 Å². The minimum atomic E-state index is -0.892. The van der Waals surface area contributed by atoms with Crippen LogP contribution in [0.3, 0.4) is 0 Å². The van der Waals surface area contributed by atoms with Crippen molar-refractivity contribution < 1.29 is 18.8 Å². The molecule has 0 aromatic heterocycles. The molecule has 1 unspecified atom stereocenters. The molecule has 6 heteroatoms. The van der Waals surface area contributed by atoms with Gasteiger partial charge in [-0.2, -0.15) is 0 Å². The van der Waals surface area contributed by atoms with Gasteiger partial charge >= 0.3 is 0 Å². The lowest BCUT2D eigenvalue weighted by atomic mass is 10.0. The van der Waals surface area contributed by atoms with Gasteiger partial charge in [0.25, 0.3) is 0 Å². The summed E-state index contributed by atoms with van der Waals surface area (Å²) in [5, 5.41) is 4.70. The van der Waals surface area contributed by atoms with E-state index in [-0.39, 0.29) is 12.3 Å². The SMILES string of the molecule is O=C1CCCC(C(=O)Nc2ccc(F)cc2)C(=O)N1. The van der Waals surface area contributed by atoms with Crippen molar-refractivity contribution in [3.8, 4) is 0 Å². The van der Waals surface area contributed by atoms with Crippen molar-refractivity contribution >= 4 is 23.4 Å². The highest BCUT2D eigenvalue weighted by molar-refractivity contribution is 6.10. The number of anilines is 1. The fraction of sp³-hybridized carbons (Fsp3) is 0.308. The second kappa shape index (κ2) is 5.60. The van der Waals surface area contributed by atoms with Gasteiger partial charge in [-0.1, -0.05) is 0 Å². The Bertz CT molecular complexity index is 513. The third-order valence-electron chi connectivity index (χ3n) is 2.90. The number of carbonyl (C=O) groups is 3. The summed E-state index contributed by atoms with van der Waals surface area (Å²) < 4.78 is 12.7. The number of nitrogens with one attached hydrogen (secondary N) is 2. The summed E-state index contributed by atoms with van der Waals surface area (Å²) in [5.41, 5.74) is 0.412. The Morgan fingerprint density at radius 3 is 2.63 bits per heavy atom. The lowest BCUT2D eigenvalue weighted by Crippen LogP contribution is -2.38. The van der Waals surface area contributed by atoms with Gasteiger partial charge in [0.05, 0.1) is 0 Å². The number of imide groups is 1. The van der Waals surface area contributed by atoms with Crippen LogP contribution in [-0.2, 0) is 14.4 Å². The van der Waals surface area contributed by atoms with Gasteiger partial charge in [0, 0.05) is 12.1 Å². The summed E-state index contributed by atoms with van der Waals surface area (Å²) >= 11 is 0. The second-order valence-electron chi connectivity index (χ2n) is 4.35. The first kappa shape index (κ1) is 13.2. The molecule has 1 aromatic carbocycles. The van der Waals surface area contributed by atoms with Crippen LogP contribution in [0.15, 0.2) is 24.3 Å². The van der Waals surface area contributed by atoms with Crippen molar-refractivity contribution in [3.63, 3.8) is 0 Å². The molecule has 2 N–H and O–H groups in total. The van der Waals surface area contributed by atoms with E-state index >= 15 is 0 Å². The summed E-state index contributed by atoms with van der Waals surface area (Å²) in [6, 6.07) is 5.25. The predicted molar refractivity (Wildman–Crippen MR) is 65.5 cm³/mol. The van der Waals surface area contributed by atoms with Crippen LogP contribution in [0, 0.1) is 11.7 Å². The van der Waals surface area contributed by atoms with Gasteiger partial charge in [-0.3, -0.25) is 19.7 Å². The van der Waals surface area contributed by atoms with Crippen LogP contribution in [0.5, 0.6) is 0 Å². The maximum Gasteiger partial charge on any atom is 0.239 e. The largest absolute Gasteiger partial charge is 0.325 e. The van der Waals surface area contributed by atoms with Crippen LogP contribution in [-0.4, -0.2) is 17.7 Å². The van der Waals surface area contributed by atoms with Crippen molar-refractivity contribution in [2.75, 3.05) is 5.32 Å². The molecule has 1 aliphatic heterocycles. The van der Waals surface area contributed by atoms with Crippen molar-refractivity contribution in [1.29, 1.82) is 0 Å². The van der Waals surface area contributed by atoms with Gasteiger partial charge < -0.3 is 5.32 Å². The van der Waals surface area contributed by atoms with E-state index < -0.39 is 23.5 Å². The highest BCUT2D eigenvalue weighted by atomic mass is 19.1. The van der Waals surface area contributed by atoms with Crippen LogP contribution in [0.2, 0.25) is 0 Å². The van der Waals surface area contributed by atoms with E-state index in [1.165, 1.54) is 24.3 Å². The minimum Gasteiger partial charge on any atom is -0.325 e.